The van der Waals surface area contributed by atoms with E-state index in [0.29, 0.717) is 18.9 Å². The number of amides is 1. The Morgan fingerprint density at radius 3 is 2.25 bits per heavy atom. The summed E-state index contributed by atoms with van der Waals surface area (Å²) in [6.45, 7) is 8.10. The first-order chi connectivity index (χ1) is 11.3. The van der Waals surface area contributed by atoms with Crippen LogP contribution in [0.5, 0.6) is 0 Å². The number of sulfonamides is 1. The van der Waals surface area contributed by atoms with Gasteiger partial charge in [-0.1, -0.05) is 0 Å². The number of rotatable bonds is 6. The maximum Gasteiger partial charge on any atom is 0.241 e. The van der Waals surface area contributed by atoms with E-state index in [9.17, 15) is 13.2 Å². The van der Waals surface area contributed by atoms with Crippen molar-refractivity contribution in [2.24, 2.45) is 0 Å². The lowest BCUT2D eigenvalue weighted by atomic mass is 10.2. The molecule has 1 saturated heterocycles. The lowest BCUT2D eigenvalue weighted by molar-refractivity contribution is -0.122. The minimum Gasteiger partial charge on any atom is -0.379 e. The Labute approximate surface area is 143 Å². The van der Waals surface area contributed by atoms with Crippen LogP contribution in [0.3, 0.4) is 0 Å². The van der Waals surface area contributed by atoms with Gasteiger partial charge in [-0.15, -0.1) is 0 Å². The number of nitrogens with zero attached hydrogens (tertiary/aromatic N) is 1. The Kier molecular flexibility index (Phi) is 6.34. The van der Waals surface area contributed by atoms with Crippen LogP contribution in [0.15, 0.2) is 29.2 Å². The predicted octanol–water partition coefficient (Wildman–Crippen LogP) is 1.03. The average Bonchev–Trinajstić information content (AvgIpc) is 2.54. The summed E-state index contributed by atoms with van der Waals surface area (Å²) in [6, 6.07) is 5.72. The summed E-state index contributed by atoms with van der Waals surface area (Å²) in [4.78, 5) is 14.6. The van der Waals surface area contributed by atoms with Crippen LogP contribution in [-0.2, 0) is 19.6 Å². The highest BCUT2D eigenvalue weighted by Crippen LogP contribution is 2.15. The molecule has 1 aliphatic rings. The van der Waals surface area contributed by atoms with Crippen LogP contribution in [-0.4, -0.2) is 57.6 Å². The van der Waals surface area contributed by atoms with Crippen molar-refractivity contribution in [3.63, 3.8) is 0 Å². The average molecular weight is 355 g/mol. The van der Waals surface area contributed by atoms with E-state index >= 15 is 0 Å². The Bertz CT molecular complexity index is 652. The third kappa shape index (κ3) is 5.01. The summed E-state index contributed by atoms with van der Waals surface area (Å²) in [5.41, 5.74) is 0.573. The molecular formula is C16H25N3O4S. The minimum atomic E-state index is -3.52. The maximum absolute atomic E-state index is 12.3. The first-order valence-electron chi connectivity index (χ1n) is 8.04. The number of hydrogen-bond donors (Lipinski definition) is 2. The second-order valence-electron chi connectivity index (χ2n) is 6.11. The zero-order valence-electron chi connectivity index (χ0n) is 14.3. The van der Waals surface area contributed by atoms with Gasteiger partial charge < -0.3 is 10.1 Å². The van der Waals surface area contributed by atoms with Crippen LogP contribution in [0.2, 0.25) is 0 Å². The fraction of sp³-hybridized carbons (Fsp3) is 0.562. The van der Waals surface area contributed by atoms with Gasteiger partial charge >= 0.3 is 0 Å². The molecule has 1 unspecified atom stereocenters. The quantitative estimate of drug-likeness (QED) is 0.796. The maximum atomic E-state index is 12.3. The van der Waals surface area contributed by atoms with Gasteiger partial charge in [0.2, 0.25) is 15.9 Å². The summed E-state index contributed by atoms with van der Waals surface area (Å²) < 4.78 is 32.0. The van der Waals surface area contributed by atoms with Gasteiger partial charge in [0.25, 0.3) is 0 Å². The molecule has 0 radical (unpaired) electrons. The molecule has 8 heteroatoms. The van der Waals surface area contributed by atoms with Gasteiger partial charge in [-0.25, -0.2) is 13.1 Å². The normalized spacial score (nSPS) is 17.7. The molecule has 0 spiro atoms. The van der Waals surface area contributed by atoms with E-state index in [2.05, 4.69) is 14.9 Å². The van der Waals surface area contributed by atoms with Gasteiger partial charge in [0.05, 0.1) is 24.2 Å². The van der Waals surface area contributed by atoms with Crippen molar-refractivity contribution in [3.8, 4) is 0 Å². The first kappa shape index (κ1) is 18.9. The van der Waals surface area contributed by atoms with Crippen molar-refractivity contribution in [1.82, 2.24) is 9.62 Å². The molecule has 7 nitrogen and oxygen atoms in total. The van der Waals surface area contributed by atoms with Crippen molar-refractivity contribution in [2.45, 2.75) is 37.8 Å². The smallest absolute Gasteiger partial charge is 0.241 e. The highest BCUT2D eigenvalue weighted by molar-refractivity contribution is 7.89. The van der Waals surface area contributed by atoms with Crippen molar-refractivity contribution >= 4 is 21.6 Å². The minimum absolute atomic E-state index is 0.118. The highest BCUT2D eigenvalue weighted by Gasteiger charge is 2.23. The number of ether oxygens (including phenoxy) is 1. The number of carbonyl (C=O) groups excluding carboxylic acids is 1. The Balaban J connectivity index is 1.99. The summed E-state index contributed by atoms with van der Waals surface area (Å²) >= 11 is 0. The van der Waals surface area contributed by atoms with Gasteiger partial charge in [0.1, 0.15) is 0 Å². The van der Waals surface area contributed by atoms with Gasteiger partial charge in [-0.3, -0.25) is 9.69 Å². The standard InChI is InChI=1S/C16H25N3O4S/c1-12(2)18-24(21,22)15-6-4-14(5-7-15)17-16(20)13(3)19-8-10-23-11-9-19/h4-7,12-13,18H,8-11H2,1-3H3,(H,17,20). The number of morpholine rings is 1. The van der Waals surface area contributed by atoms with E-state index in [1.165, 1.54) is 12.1 Å². The monoisotopic (exact) mass is 355 g/mol. The van der Waals surface area contributed by atoms with E-state index in [-0.39, 0.29) is 22.9 Å². The fourth-order valence-corrected chi connectivity index (χ4v) is 3.72. The summed E-state index contributed by atoms with van der Waals surface area (Å²) in [6.07, 6.45) is 0. The van der Waals surface area contributed by atoms with Crippen molar-refractivity contribution in [1.29, 1.82) is 0 Å². The molecule has 0 aliphatic carbocycles. The van der Waals surface area contributed by atoms with Crippen LogP contribution in [0.1, 0.15) is 20.8 Å². The molecule has 1 atom stereocenters. The van der Waals surface area contributed by atoms with E-state index in [1.807, 2.05) is 6.92 Å². The third-order valence-electron chi connectivity index (χ3n) is 3.80. The molecule has 1 aromatic carbocycles. The number of benzene rings is 1. The fourth-order valence-electron chi connectivity index (χ4n) is 2.47. The van der Waals surface area contributed by atoms with E-state index in [4.69, 9.17) is 4.74 Å². The Morgan fingerprint density at radius 2 is 1.71 bits per heavy atom. The highest BCUT2D eigenvalue weighted by atomic mass is 32.2. The Morgan fingerprint density at radius 1 is 1.12 bits per heavy atom. The van der Waals surface area contributed by atoms with E-state index in [0.717, 1.165) is 13.1 Å². The largest absolute Gasteiger partial charge is 0.379 e. The van der Waals surface area contributed by atoms with Crippen LogP contribution >= 0.6 is 0 Å². The molecule has 134 valence electrons. The van der Waals surface area contributed by atoms with Crippen LogP contribution in [0.4, 0.5) is 5.69 Å². The zero-order valence-corrected chi connectivity index (χ0v) is 15.1. The number of carbonyl (C=O) groups is 1. The zero-order chi connectivity index (χ0) is 17.7. The molecular weight excluding hydrogens is 330 g/mol. The van der Waals surface area contributed by atoms with Crippen LogP contribution < -0.4 is 10.0 Å². The molecule has 1 aliphatic heterocycles. The molecule has 2 N–H and O–H groups in total. The van der Waals surface area contributed by atoms with Crippen LogP contribution in [0, 0.1) is 0 Å². The second-order valence-corrected chi connectivity index (χ2v) is 7.83. The third-order valence-corrected chi connectivity index (χ3v) is 5.47. The second kappa shape index (κ2) is 8.06. The molecule has 0 bridgehead atoms. The molecule has 1 aromatic rings. The van der Waals surface area contributed by atoms with Crippen LogP contribution in [0.25, 0.3) is 0 Å². The number of hydrogen-bond acceptors (Lipinski definition) is 5. The topological polar surface area (TPSA) is 87.7 Å². The first-order valence-corrected chi connectivity index (χ1v) is 9.53. The van der Waals surface area contributed by atoms with Gasteiger partial charge in [-0.05, 0) is 45.0 Å². The molecule has 0 saturated carbocycles. The number of anilines is 1. The van der Waals surface area contributed by atoms with Gasteiger partial charge in [0.15, 0.2) is 0 Å². The molecule has 1 heterocycles. The molecule has 0 aromatic heterocycles. The summed E-state index contributed by atoms with van der Waals surface area (Å²) in [7, 11) is -3.52. The van der Waals surface area contributed by atoms with Crippen molar-refractivity contribution in [3.05, 3.63) is 24.3 Å². The number of nitrogens with one attached hydrogen (secondary N) is 2. The SMILES string of the molecule is CC(C)NS(=O)(=O)c1ccc(NC(=O)C(C)N2CCOCC2)cc1. The van der Waals surface area contributed by atoms with Crippen molar-refractivity contribution < 1.29 is 17.9 Å². The van der Waals surface area contributed by atoms with Crippen molar-refractivity contribution in [2.75, 3.05) is 31.6 Å². The molecule has 1 fully saturated rings. The summed E-state index contributed by atoms with van der Waals surface area (Å²) in [5.74, 6) is -0.118. The molecule has 1 amide bonds. The van der Waals surface area contributed by atoms with E-state index < -0.39 is 10.0 Å². The predicted molar refractivity (Wildman–Crippen MR) is 92.4 cm³/mol. The lowest BCUT2D eigenvalue weighted by Crippen LogP contribution is -2.47. The lowest BCUT2D eigenvalue weighted by Gasteiger charge is -2.31. The molecule has 2 rings (SSSR count). The summed E-state index contributed by atoms with van der Waals surface area (Å²) in [5, 5.41) is 2.82. The molecule has 24 heavy (non-hydrogen) atoms. The Hall–Kier alpha value is -1.48. The van der Waals surface area contributed by atoms with Gasteiger partial charge in [0, 0.05) is 24.8 Å². The van der Waals surface area contributed by atoms with E-state index in [1.54, 1.807) is 26.0 Å². The van der Waals surface area contributed by atoms with Gasteiger partial charge in [-0.2, -0.15) is 0 Å².